The van der Waals surface area contributed by atoms with Gasteiger partial charge in [0, 0.05) is 16.6 Å². The first-order chi connectivity index (χ1) is 6.27. The second kappa shape index (κ2) is 3.56. The molecular weight excluding hydrogens is 186 g/mol. The second-order valence-electron chi connectivity index (χ2n) is 3.28. The Morgan fingerprint density at radius 1 is 1.46 bits per heavy atom. The highest BCUT2D eigenvalue weighted by Crippen LogP contribution is 2.31. The van der Waals surface area contributed by atoms with Crippen LogP contribution in [-0.4, -0.2) is 6.61 Å². The van der Waals surface area contributed by atoms with Crippen LogP contribution < -0.4 is 10.5 Å². The van der Waals surface area contributed by atoms with Gasteiger partial charge in [-0.15, -0.1) is 0 Å². The fourth-order valence-electron chi connectivity index (χ4n) is 1.58. The highest BCUT2D eigenvalue weighted by Gasteiger charge is 2.15. The van der Waals surface area contributed by atoms with Crippen LogP contribution in [0.1, 0.15) is 24.4 Å². The van der Waals surface area contributed by atoms with Crippen LogP contribution in [0, 0.1) is 0 Å². The topological polar surface area (TPSA) is 35.2 Å². The Labute approximate surface area is 82.6 Å². The standard InChI is InChI=1S/C10H12ClNO/c11-7-3-4-10-8(6-7)9(12)2-1-5-13-10/h3-4,6,9H,1-2,5,12H2/t9-/m0/s1. The van der Waals surface area contributed by atoms with E-state index in [2.05, 4.69) is 0 Å². The largest absolute Gasteiger partial charge is 0.493 e. The summed E-state index contributed by atoms with van der Waals surface area (Å²) in [5, 5.41) is 0.722. The summed E-state index contributed by atoms with van der Waals surface area (Å²) in [5.74, 6) is 0.884. The molecule has 0 spiro atoms. The van der Waals surface area contributed by atoms with E-state index in [0.717, 1.165) is 35.8 Å². The third-order valence-corrected chi connectivity index (χ3v) is 2.52. The van der Waals surface area contributed by atoms with Crippen LogP contribution in [0.2, 0.25) is 5.02 Å². The smallest absolute Gasteiger partial charge is 0.124 e. The molecule has 2 rings (SSSR count). The lowest BCUT2D eigenvalue weighted by Gasteiger charge is -2.11. The van der Waals surface area contributed by atoms with Gasteiger partial charge in [0.05, 0.1) is 6.61 Å². The summed E-state index contributed by atoms with van der Waals surface area (Å²) in [4.78, 5) is 0. The summed E-state index contributed by atoms with van der Waals surface area (Å²) in [6.45, 7) is 0.752. The van der Waals surface area contributed by atoms with E-state index in [9.17, 15) is 0 Å². The summed E-state index contributed by atoms with van der Waals surface area (Å²) < 4.78 is 5.54. The number of nitrogens with two attached hydrogens (primary N) is 1. The van der Waals surface area contributed by atoms with Gasteiger partial charge in [-0.05, 0) is 31.0 Å². The fourth-order valence-corrected chi connectivity index (χ4v) is 1.76. The number of halogens is 1. The highest BCUT2D eigenvalue weighted by molar-refractivity contribution is 6.30. The Balaban J connectivity index is 2.43. The molecule has 1 aliphatic heterocycles. The van der Waals surface area contributed by atoms with E-state index in [0.29, 0.717) is 0 Å². The fraction of sp³-hybridized carbons (Fsp3) is 0.400. The molecule has 0 saturated carbocycles. The van der Waals surface area contributed by atoms with Crippen LogP contribution in [0.5, 0.6) is 5.75 Å². The number of ether oxygens (including phenoxy) is 1. The first-order valence-corrected chi connectivity index (χ1v) is 4.83. The second-order valence-corrected chi connectivity index (χ2v) is 3.72. The van der Waals surface area contributed by atoms with Crippen LogP contribution in [0.15, 0.2) is 18.2 Å². The summed E-state index contributed by atoms with van der Waals surface area (Å²) in [6.07, 6.45) is 1.97. The Hall–Kier alpha value is -0.730. The third kappa shape index (κ3) is 1.79. The van der Waals surface area contributed by atoms with Crippen LogP contribution in [-0.2, 0) is 0 Å². The van der Waals surface area contributed by atoms with Gasteiger partial charge >= 0.3 is 0 Å². The molecule has 0 aliphatic carbocycles. The average molecular weight is 198 g/mol. The van der Waals surface area contributed by atoms with Crippen molar-refractivity contribution in [1.82, 2.24) is 0 Å². The van der Waals surface area contributed by atoms with E-state index in [1.807, 2.05) is 18.2 Å². The lowest BCUT2D eigenvalue weighted by Crippen LogP contribution is -2.08. The van der Waals surface area contributed by atoms with Gasteiger partial charge < -0.3 is 10.5 Å². The molecule has 2 N–H and O–H groups in total. The van der Waals surface area contributed by atoms with Gasteiger partial charge in [0.15, 0.2) is 0 Å². The zero-order valence-corrected chi connectivity index (χ0v) is 8.05. The monoisotopic (exact) mass is 197 g/mol. The van der Waals surface area contributed by atoms with Gasteiger partial charge in [0.25, 0.3) is 0 Å². The zero-order chi connectivity index (χ0) is 9.26. The molecule has 0 amide bonds. The maximum Gasteiger partial charge on any atom is 0.124 e. The molecule has 0 saturated heterocycles. The Kier molecular flexibility index (Phi) is 2.42. The lowest BCUT2D eigenvalue weighted by molar-refractivity contribution is 0.316. The molecule has 1 heterocycles. The molecule has 2 nitrogen and oxygen atoms in total. The van der Waals surface area contributed by atoms with Crippen LogP contribution >= 0.6 is 11.6 Å². The Morgan fingerprint density at radius 2 is 2.31 bits per heavy atom. The number of rotatable bonds is 0. The SMILES string of the molecule is N[C@H]1CCCOc2ccc(Cl)cc21. The van der Waals surface area contributed by atoms with Crippen LogP contribution in [0.4, 0.5) is 0 Å². The average Bonchev–Trinajstić information content (AvgIpc) is 2.29. The normalized spacial score (nSPS) is 21.5. The zero-order valence-electron chi connectivity index (χ0n) is 7.29. The molecule has 0 bridgehead atoms. The van der Waals surface area contributed by atoms with Gasteiger partial charge in [0.1, 0.15) is 5.75 Å². The predicted molar refractivity (Wildman–Crippen MR) is 53.1 cm³/mol. The molecule has 1 aromatic carbocycles. The Morgan fingerprint density at radius 3 is 3.15 bits per heavy atom. The number of fused-ring (bicyclic) bond motifs is 1. The third-order valence-electron chi connectivity index (χ3n) is 2.29. The lowest BCUT2D eigenvalue weighted by atomic mass is 10.0. The van der Waals surface area contributed by atoms with E-state index in [-0.39, 0.29) is 6.04 Å². The van der Waals surface area contributed by atoms with Gasteiger partial charge in [-0.1, -0.05) is 11.6 Å². The van der Waals surface area contributed by atoms with Crippen molar-refractivity contribution >= 4 is 11.6 Å². The van der Waals surface area contributed by atoms with Crippen molar-refractivity contribution < 1.29 is 4.74 Å². The molecule has 3 heteroatoms. The molecule has 0 radical (unpaired) electrons. The van der Waals surface area contributed by atoms with Crippen LogP contribution in [0.3, 0.4) is 0 Å². The number of benzene rings is 1. The van der Waals surface area contributed by atoms with Crippen LogP contribution in [0.25, 0.3) is 0 Å². The maximum atomic E-state index is 5.98. The van der Waals surface area contributed by atoms with Crippen molar-refractivity contribution in [3.05, 3.63) is 28.8 Å². The molecule has 13 heavy (non-hydrogen) atoms. The van der Waals surface area contributed by atoms with Crippen molar-refractivity contribution in [2.24, 2.45) is 5.73 Å². The van der Waals surface area contributed by atoms with Gasteiger partial charge in [-0.25, -0.2) is 0 Å². The number of hydrogen-bond acceptors (Lipinski definition) is 2. The van der Waals surface area contributed by atoms with Crippen molar-refractivity contribution in [1.29, 1.82) is 0 Å². The van der Waals surface area contributed by atoms with Crippen molar-refractivity contribution in [2.45, 2.75) is 18.9 Å². The van der Waals surface area contributed by atoms with E-state index >= 15 is 0 Å². The van der Waals surface area contributed by atoms with Gasteiger partial charge in [-0.3, -0.25) is 0 Å². The van der Waals surface area contributed by atoms with E-state index in [4.69, 9.17) is 22.1 Å². The first kappa shape index (κ1) is 8.85. The minimum absolute atomic E-state index is 0.0659. The summed E-state index contributed by atoms with van der Waals surface area (Å²) >= 11 is 5.88. The van der Waals surface area contributed by atoms with E-state index in [1.165, 1.54) is 0 Å². The summed E-state index contributed by atoms with van der Waals surface area (Å²) in [7, 11) is 0. The minimum Gasteiger partial charge on any atom is -0.493 e. The maximum absolute atomic E-state index is 5.98. The van der Waals surface area contributed by atoms with Crippen molar-refractivity contribution in [3.8, 4) is 5.75 Å². The van der Waals surface area contributed by atoms with Gasteiger partial charge in [0.2, 0.25) is 0 Å². The molecule has 0 fully saturated rings. The van der Waals surface area contributed by atoms with E-state index < -0.39 is 0 Å². The minimum atomic E-state index is 0.0659. The summed E-state index contributed by atoms with van der Waals surface area (Å²) in [5.41, 5.74) is 7.01. The van der Waals surface area contributed by atoms with E-state index in [1.54, 1.807) is 0 Å². The van der Waals surface area contributed by atoms with Gasteiger partial charge in [-0.2, -0.15) is 0 Å². The number of hydrogen-bond donors (Lipinski definition) is 1. The summed E-state index contributed by atoms with van der Waals surface area (Å²) in [6, 6.07) is 5.69. The molecule has 70 valence electrons. The molecule has 0 unspecified atom stereocenters. The Bertz CT molecular complexity index is 314. The van der Waals surface area contributed by atoms with Crippen molar-refractivity contribution in [3.63, 3.8) is 0 Å². The first-order valence-electron chi connectivity index (χ1n) is 4.45. The predicted octanol–water partition coefficient (Wildman–Crippen LogP) is 2.51. The van der Waals surface area contributed by atoms with Crippen molar-refractivity contribution in [2.75, 3.05) is 6.61 Å². The highest BCUT2D eigenvalue weighted by atomic mass is 35.5. The molecular formula is C10H12ClNO. The quantitative estimate of drug-likeness (QED) is 0.694. The molecule has 1 aromatic rings. The molecule has 1 atom stereocenters. The molecule has 0 aromatic heterocycles. The molecule has 1 aliphatic rings.